The zero-order valence-corrected chi connectivity index (χ0v) is 19.2. The van der Waals surface area contributed by atoms with Gasteiger partial charge in [-0.2, -0.15) is 10.4 Å². The minimum Gasteiger partial charge on any atom is -0.493 e. The van der Waals surface area contributed by atoms with Crippen LogP contribution in [0.4, 0.5) is 0 Å². The molecule has 0 spiro atoms. The Hall–Kier alpha value is -4.18. The van der Waals surface area contributed by atoms with Gasteiger partial charge in [0.1, 0.15) is 5.69 Å². The van der Waals surface area contributed by atoms with Crippen molar-refractivity contribution in [2.24, 2.45) is 7.05 Å². The van der Waals surface area contributed by atoms with Crippen molar-refractivity contribution in [3.8, 4) is 28.8 Å². The monoisotopic (exact) mass is 470 g/mol. The normalized spacial score (nSPS) is 12.9. The lowest BCUT2D eigenvalue weighted by molar-refractivity contribution is 0.364. The summed E-state index contributed by atoms with van der Waals surface area (Å²) in [7, 11) is -0.888. The van der Waals surface area contributed by atoms with E-state index in [0.717, 1.165) is 16.5 Å². The summed E-state index contributed by atoms with van der Waals surface area (Å²) in [5.74, 6) is 0.405. The van der Waals surface area contributed by atoms with Crippen LogP contribution in [-0.2, 0) is 11.6 Å². The van der Waals surface area contributed by atoms with Gasteiger partial charge >= 0.3 is 7.60 Å². The maximum atomic E-state index is 13.0. The standard InChI is InChI=1S/C25H19N4O4P/c1-29-21-15-27-20-13-22(32-2)23(33-34(30,31)18-6-4-3-5-7-18)12-19(20)24(21)25(28-29)17-10-8-16(14-26)9-11-17/h3-13,15H,1-2H3,(H,30,31). The van der Waals surface area contributed by atoms with Crippen LogP contribution in [0.3, 0.4) is 0 Å². The minimum atomic E-state index is -4.17. The lowest BCUT2D eigenvalue weighted by Gasteiger charge is -2.16. The fraction of sp³-hybridized carbons (Fsp3) is 0.0800. The highest BCUT2D eigenvalue weighted by Crippen LogP contribution is 2.47. The molecule has 0 amide bonds. The molecule has 5 aromatic rings. The molecule has 0 fully saturated rings. The summed E-state index contributed by atoms with van der Waals surface area (Å²) in [5.41, 5.74) is 3.47. The first-order chi connectivity index (χ1) is 16.4. The highest BCUT2D eigenvalue weighted by molar-refractivity contribution is 7.61. The summed E-state index contributed by atoms with van der Waals surface area (Å²) < 4.78 is 25.8. The Labute approximate surface area is 195 Å². The molecular formula is C25H19N4O4P. The first-order valence-electron chi connectivity index (χ1n) is 10.3. The molecule has 1 unspecified atom stereocenters. The van der Waals surface area contributed by atoms with E-state index in [-0.39, 0.29) is 16.8 Å². The SMILES string of the molecule is COc1cc2ncc3c(c(-c4ccc(C#N)cc4)nn3C)c2cc1OP(=O)(O)c1ccccc1. The van der Waals surface area contributed by atoms with Crippen LogP contribution in [0, 0.1) is 11.3 Å². The Morgan fingerprint density at radius 2 is 1.79 bits per heavy atom. The van der Waals surface area contributed by atoms with Crippen LogP contribution >= 0.6 is 7.60 Å². The summed E-state index contributed by atoms with van der Waals surface area (Å²) in [4.78, 5) is 15.2. The third-order valence-electron chi connectivity index (χ3n) is 5.56. The molecule has 1 atom stereocenters. The highest BCUT2D eigenvalue weighted by Gasteiger charge is 2.27. The summed E-state index contributed by atoms with van der Waals surface area (Å²) in [6, 6.07) is 20.8. The summed E-state index contributed by atoms with van der Waals surface area (Å²) in [6.07, 6.45) is 1.72. The van der Waals surface area contributed by atoms with Gasteiger partial charge in [0.15, 0.2) is 11.5 Å². The predicted octanol–water partition coefficient (Wildman–Crippen LogP) is 4.56. The third kappa shape index (κ3) is 3.67. The summed E-state index contributed by atoms with van der Waals surface area (Å²) in [5, 5.41) is 15.5. The van der Waals surface area contributed by atoms with Crippen LogP contribution in [0.5, 0.6) is 11.5 Å². The molecular weight excluding hydrogens is 451 g/mol. The summed E-state index contributed by atoms with van der Waals surface area (Å²) >= 11 is 0. The van der Waals surface area contributed by atoms with Crippen LogP contribution in [0.15, 0.2) is 72.9 Å². The van der Waals surface area contributed by atoms with Crippen molar-refractivity contribution in [2.75, 3.05) is 7.11 Å². The van der Waals surface area contributed by atoms with Crippen LogP contribution in [0.2, 0.25) is 0 Å². The number of aryl methyl sites for hydroxylation is 1. The van der Waals surface area contributed by atoms with E-state index in [1.54, 1.807) is 53.3 Å². The molecule has 0 aliphatic rings. The summed E-state index contributed by atoms with van der Waals surface area (Å²) in [6.45, 7) is 0. The van der Waals surface area contributed by atoms with Gasteiger partial charge in [0, 0.05) is 29.4 Å². The van der Waals surface area contributed by atoms with E-state index in [4.69, 9.17) is 14.5 Å². The fourth-order valence-electron chi connectivity index (χ4n) is 3.88. The predicted molar refractivity (Wildman–Crippen MR) is 129 cm³/mol. The van der Waals surface area contributed by atoms with E-state index >= 15 is 0 Å². The van der Waals surface area contributed by atoms with Crippen LogP contribution in [0.25, 0.3) is 33.1 Å². The van der Waals surface area contributed by atoms with Crippen LogP contribution in [-0.4, -0.2) is 26.8 Å². The van der Waals surface area contributed by atoms with E-state index in [9.17, 15) is 9.46 Å². The molecule has 3 aromatic carbocycles. The molecule has 2 aromatic heterocycles. The quantitative estimate of drug-likeness (QED) is 0.375. The lowest BCUT2D eigenvalue weighted by atomic mass is 10.0. The van der Waals surface area contributed by atoms with Crippen molar-refractivity contribution < 1.29 is 18.7 Å². The van der Waals surface area contributed by atoms with Crippen molar-refractivity contribution in [1.82, 2.24) is 14.8 Å². The average Bonchev–Trinajstić information content (AvgIpc) is 3.20. The van der Waals surface area contributed by atoms with E-state index < -0.39 is 7.60 Å². The molecule has 8 nitrogen and oxygen atoms in total. The van der Waals surface area contributed by atoms with Crippen LogP contribution < -0.4 is 14.6 Å². The lowest BCUT2D eigenvalue weighted by Crippen LogP contribution is -2.09. The first kappa shape index (κ1) is 21.7. The molecule has 9 heteroatoms. The van der Waals surface area contributed by atoms with E-state index in [1.165, 1.54) is 19.2 Å². The number of fused-ring (bicyclic) bond motifs is 3. The Morgan fingerprint density at radius 3 is 2.47 bits per heavy atom. The largest absolute Gasteiger partial charge is 0.493 e. The number of hydrogen-bond donors (Lipinski definition) is 1. The number of nitriles is 1. The van der Waals surface area contributed by atoms with Gasteiger partial charge in [-0.1, -0.05) is 30.3 Å². The van der Waals surface area contributed by atoms with Crippen molar-refractivity contribution in [3.05, 3.63) is 78.5 Å². The maximum Gasteiger partial charge on any atom is 0.408 e. The smallest absolute Gasteiger partial charge is 0.408 e. The number of rotatable bonds is 5. The van der Waals surface area contributed by atoms with Gasteiger partial charge in [0.05, 0.1) is 41.3 Å². The Bertz CT molecular complexity index is 1620. The van der Waals surface area contributed by atoms with Crippen molar-refractivity contribution in [3.63, 3.8) is 0 Å². The Morgan fingerprint density at radius 1 is 1.06 bits per heavy atom. The first-order valence-corrected chi connectivity index (χ1v) is 11.9. The van der Waals surface area contributed by atoms with E-state index in [0.29, 0.717) is 22.2 Å². The zero-order chi connectivity index (χ0) is 23.9. The molecule has 2 heterocycles. The molecule has 0 saturated carbocycles. The van der Waals surface area contributed by atoms with Crippen LogP contribution in [0.1, 0.15) is 5.56 Å². The number of benzene rings is 3. The molecule has 0 saturated heterocycles. The van der Waals surface area contributed by atoms with Crippen molar-refractivity contribution in [1.29, 1.82) is 5.26 Å². The van der Waals surface area contributed by atoms with Gasteiger partial charge in [-0.15, -0.1) is 0 Å². The van der Waals surface area contributed by atoms with Gasteiger partial charge in [0.25, 0.3) is 0 Å². The molecule has 0 aliphatic carbocycles. The number of methoxy groups -OCH3 is 1. The molecule has 5 rings (SSSR count). The van der Waals surface area contributed by atoms with Gasteiger partial charge in [0.2, 0.25) is 0 Å². The van der Waals surface area contributed by atoms with Gasteiger partial charge in [-0.05, 0) is 30.3 Å². The minimum absolute atomic E-state index is 0.119. The third-order valence-corrected chi connectivity index (χ3v) is 6.96. The second-order valence-corrected chi connectivity index (χ2v) is 9.39. The molecule has 0 bridgehead atoms. The number of pyridine rings is 1. The van der Waals surface area contributed by atoms with Gasteiger partial charge < -0.3 is 14.2 Å². The number of nitrogens with zero attached hydrogens (tertiary/aromatic N) is 4. The molecule has 1 N–H and O–H groups in total. The van der Waals surface area contributed by atoms with E-state index in [1.807, 2.05) is 19.2 Å². The Kier molecular flexibility index (Phi) is 5.29. The van der Waals surface area contributed by atoms with E-state index in [2.05, 4.69) is 16.2 Å². The van der Waals surface area contributed by atoms with Crippen molar-refractivity contribution in [2.45, 2.75) is 0 Å². The van der Waals surface area contributed by atoms with Crippen molar-refractivity contribution >= 4 is 34.7 Å². The second kappa shape index (κ2) is 8.31. The molecule has 34 heavy (non-hydrogen) atoms. The molecule has 168 valence electrons. The topological polar surface area (TPSA) is 110 Å². The Balaban J connectivity index is 1.73. The number of hydrogen-bond acceptors (Lipinski definition) is 6. The second-order valence-electron chi connectivity index (χ2n) is 7.65. The molecule has 0 radical (unpaired) electrons. The van der Waals surface area contributed by atoms with Gasteiger partial charge in [-0.3, -0.25) is 9.67 Å². The highest BCUT2D eigenvalue weighted by atomic mass is 31.2. The number of ether oxygens (including phenoxy) is 1. The van der Waals surface area contributed by atoms with Gasteiger partial charge in [-0.25, -0.2) is 4.57 Å². The fourth-order valence-corrected chi connectivity index (χ4v) is 4.94. The molecule has 0 aliphatic heterocycles. The number of aromatic nitrogens is 3. The average molecular weight is 470 g/mol. The maximum absolute atomic E-state index is 13.0. The zero-order valence-electron chi connectivity index (χ0n) is 18.3.